The first-order valence-corrected chi connectivity index (χ1v) is 17.0. The summed E-state index contributed by atoms with van der Waals surface area (Å²) in [6.45, 7) is 1.08. The third kappa shape index (κ3) is 7.54. The van der Waals surface area contributed by atoms with Crippen molar-refractivity contribution in [1.29, 1.82) is 0 Å². The Bertz CT molecular complexity index is 1750. The Balaban J connectivity index is 1.02. The molecule has 4 N–H and O–H groups in total. The van der Waals surface area contributed by atoms with Crippen LogP contribution in [0.15, 0.2) is 97.1 Å². The quantitative estimate of drug-likeness (QED) is 0.144. The van der Waals surface area contributed by atoms with Crippen molar-refractivity contribution >= 4 is 58.5 Å². The molecule has 0 saturated carbocycles. The van der Waals surface area contributed by atoms with E-state index in [0.29, 0.717) is 48.4 Å². The number of hydrogen-bond acceptors (Lipinski definition) is 6. The van der Waals surface area contributed by atoms with Crippen LogP contribution in [0.1, 0.15) is 57.5 Å². The van der Waals surface area contributed by atoms with Gasteiger partial charge in [0.05, 0.1) is 11.1 Å². The van der Waals surface area contributed by atoms with Gasteiger partial charge in [0, 0.05) is 49.9 Å². The second-order valence-electron chi connectivity index (χ2n) is 12.5. The summed E-state index contributed by atoms with van der Waals surface area (Å²) < 4.78 is 0. The van der Waals surface area contributed by atoms with Gasteiger partial charge in [0.2, 0.25) is 11.8 Å². The molecule has 6 rings (SSSR count). The molecule has 10 nitrogen and oxygen atoms in total. The lowest BCUT2D eigenvalue weighted by Gasteiger charge is -2.25. The van der Waals surface area contributed by atoms with E-state index < -0.39 is 12.1 Å². The molecular formula is C40H42N6O4. The van der Waals surface area contributed by atoms with Gasteiger partial charge in [-0.25, -0.2) is 0 Å². The Kier molecular flexibility index (Phi) is 10.6. The number of para-hydroxylation sites is 2. The minimum absolute atomic E-state index is 0.150. The van der Waals surface area contributed by atoms with Gasteiger partial charge in [0.15, 0.2) is 0 Å². The zero-order valence-corrected chi connectivity index (χ0v) is 28.3. The van der Waals surface area contributed by atoms with Crippen molar-refractivity contribution in [2.75, 3.05) is 48.5 Å². The summed E-state index contributed by atoms with van der Waals surface area (Å²) in [6.07, 6.45) is 6.73. The number of carbonyl (C=O) groups is 4. The number of anilines is 4. The summed E-state index contributed by atoms with van der Waals surface area (Å²) in [7, 11) is 3.56. The molecule has 0 bridgehead atoms. The van der Waals surface area contributed by atoms with Gasteiger partial charge in [-0.3, -0.25) is 19.2 Å². The number of likely N-dealkylation sites (tertiary alicyclic amines) is 2. The van der Waals surface area contributed by atoms with Crippen molar-refractivity contribution < 1.29 is 19.2 Å². The largest absolute Gasteiger partial charge is 0.387 e. The van der Waals surface area contributed by atoms with Crippen LogP contribution in [0.5, 0.6) is 0 Å². The Morgan fingerprint density at radius 2 is 0.940 bits per heavy atom. The average Bonchev–Trinajstić information content (AvgIpc) is 3.86. The molecule has 50 heavy (non-hydrogen) atoms. The van der Waals surface area contributed by atoms with Crippen LogP contribution in [-0.4, -0.2) is 72.7 Å². The van der Waals surface area contributed by atoms with Crippen molar-refractivity contribution in [2.24, 2.45) is 0 Å². The van der Waals surface area contributed by atoms with Gasteiger partial charge in [-0.2, -0.15) is 0 Å². The standard InChI is InChI=1S/C40H42N6O4/c1-41-33-11-5-3-9-31(33)39(49)45-25-7-13-35(45)37(47)43-29-21-17-27(18-22-29)15-16-28-19-23-30(24-20-28)44-38(48)36-14-8-26-46(36)40(50)32-10-4-6-12-34(32)42-2/h3-6,9-12,15-24,35-36,41-42H,7-8,13-14,25-26H2,1-2H3,(H,43,47)(H,44,48)/b16-15+/t35-,36-/m0/s1. The van der Waals surface area contributed by atoms with E-state index >= 15 is 0 Å². The lowest BCUT2D eigenvalue weighted by molar-refractivity contribution is -0.120. The molecule has 0 spiro atoms. The summed E-state index contributed by atoms with van der Waals surface area (Å²) in [5, 5.41) is 12.1. The summed E-state index contributed by atoms with van der Waals surface area (Å²) in [6, 6.07) is 28.7. The smallest absolute Gasteiger partial charge is 0.256 e. The molecule has 0 radical (unpaired) electrons. The third-order valence-corrected chi connectivity index (χ3v) is 9.31. The Morgan fingerprint density at radius 3 is 1.32 bits per heavy atom. The number of carbonyl (C=O) groups excluding carboxylic acids is 4. The second kappa shape index (κ2) is 15.5. The molecule has 2 saturated heterocycles. The van der Waals surface area contributed by atoms with E-state index in [1.807, 2.05) is 97.1 Å². The summed E-state index contributed by atoms with van der Waals surface area (Å²) >= 11 is 0. The number of nitrogens with zero attached hydrogens (tertiary/aromatic N) is 2. The van der Waals surface area contributed by atoms with E-state index in [-0.39, 0.29) is 23.6 Å². The molecule has 10 heteroatoms. The van der Waals surface area contributed by atoms with Gasteiger partial charge in [-0.1, -0.05) is 60.7 Å². The number of nitrogens with one attached hydrogen (secondary N) is 4. The lowest BCUT2D eigenvalue weighted by Crippen LogP contribution is -2.43. The first kappa shape index (κ1) is 34.0. The average molecular weight is 671 g/mol. The van der Waals surface area contributed by atoms with E-state index in [4.69, 9.17) is 0 Å². The zero-order valence-electron chi connectivity index (χ0n) is 28.3. The van der Waals surface area contributed by atoms with Gasteiger partial charge in [-0.15, -0.1) is 0 Å². The molecule has 2 heterocycles. The molecule has 4 aromatic carbocycles. The monoisotopic (exact) mass is 670 g/mol. The first-order valence-electron chi connectivity index (χ1n) is 17.0. The van der Waals surface area contributed by atoms with Crippen molar-refractivity contribution in [3.63, 3.8) is 0 Å². The molecule has 0 aromatic heterocycles. The predicted molar refractivity (Wildman–Crippen MR) is 199 cm³/mol. The van der Waals surface area contributed by atoms with Crippen molar-refractivity contribution in [1.82, 2.24) is 9.80 Å². The van der Waals surface area contributed by atoms with Crippen LogP contribution in [0.2, 0.25) is 0 Å². The normalized spacial score (nSPS) is 17.1. The van der Waals surface area contributed by atoms with E-state index in [9.17, 15) is 19.2 Å². The van der Waals surface area contributed by atoms with Crippen LogP contribution in [0.3, 0.4) is 0 Å². The fraction of sp³-hybridized carbons (Fsp3) is 0.250. The van der Waals surface area contributed by atoms with Crippen molar-refractivity contribution in [3.05, 3.63) is 119 Å². The number of rotatable bonds is 10. The van der Waals surface area contributed by atoms with E-state index in [2.05, 4.69) is 21.3 Å². The third-order valence-electron chi connectivity index (χ3n) is 9.31. The minimum atomic E-state index is -0.528. The van der Waals surface area contributed by atoms with E-state index in [0.717, 1.165) is 35.3 Å². The second-order valence-corrected chi connectivity index (χ2v) is 12.5. The Labute approximate surface area is 292 Å². The number of hydrogen-bond donors (Lipinski definition) is 4. The molecule has 2 aliphatic rings. The molecule has 0 unspecified atom stereocenters. The lowest BCUT2D eigenvalue weighted by atomic mass is 10.1. The van der Waals surface area contributed by atoms with E-state index in [1.54, 1.807) is 36.0 Å². The Hall–Kier alpha value is -5.90. The molecule has 256 valence electrons. The molecule has 2 atom stereocenters. The van der Waals surface area contributed by atoms with E-state index in [1.165, 1.54) is 0 Å². The van der Waals surface area contributed by atoms with Crippen LogP contribution < -0.4 is 21.3 Å². The Morgan fingerprint density at radius 1 is 0.560 bits per heavy atom. The summed E-state index contributed by atoms with van der Waals surface area (Å²) in [4.78, 5) is 56.4. The fourth-order valence-electron chi connectivity index (χ4n) is 6.65. The first-order chi connectivity index (χ1) is 24.4. The van der Waals surface area contributed by atoms with Crippen LogP contribution in [0, 0.1) is 0 Å². The summed E-state index contributed by atoms with van der Waals surface area (Å²) in [5.74, 6) is -0.690. The number of benzene rings is 4. The predicted octanol–water partition coefficient (Wildman–Crippen LogP) is 6.43. The van der Waals surface area contributed by atoms with Gasteiger partial charge in [0.25, 0.3) is 11.8 Å². The number of amides is 4. The van der Waals surface area contributed by atoms with Crippen LogP contribution in [0.4, 0.5) is 22.7 Å². The molecule has 2 fully saturated rings. The zero-order chi connectivity index (χ0) is 35.0. The maximum Gasteiger partial charge on any atom is 0.256 e. The molecule has 4 aromatic rings. The van der Waals surface area contributed by atoms with Gasteiger partial charge in [-0.05, 0) is 85.3 Å². The van der Waals surface area contributed by atoms with Crippen molar-refractivity contribution in [3.8, 4) is 0 Å². The van der Waals surface area contributed by atoms with Gasteiger partial charge >= 0.3 is 0 Å². The highest BCUT2D eigenvalue weighted by atomic mass is 16.2. The van der Waals surface area contributed by atoms with Gasteiger partial charge < -0.3 is 31.1 Å². The van der Waals surface area contributed by atoms with Gasteiger partial charge in [0.1, 0.15) is 12.1 Å². The minimum Gasteiger partial charge on any atom is -0.387 e. The SMILES string of the molecule is CNc1ccccc1C(=O)N1CCC[C@H]1C(=O)Nc1ccc(/C=C/c2ccc(NC(=O)[C@@H]3CCCN3C(=O)c3ccccc3NC)cc2)cc1. The maximum atomic E-state index is 13.3. The summed E-state index contributed by atoms with van der Waals surface area (Å²) in [5.41, 5.74) is 5.82. The highest BCUT2D eigenvalue weighted by Gasteiger charge is 2.36. The fourth-order valence-corrected chi connectivity index (χ4v) is 6.65. The molecule has 4 amide bonds. The topological polar surface area (TPSA) is 123 Å². The van der Waals surface area contributed by atoms with Crippen LogP contribution >= 0.6 is 0 Å². The van der Waals surface area contributed by atoms with Crippen LogP contribution in [0.25, 0.3) is 12.2 Å². The van der Waals surface area contributed by atoms with Crippen molar-refractivity contribution in [2.45, 2.75) is 37.8 Å². The molecular weight excluding hydrogens is 628 g/mol. The maximum absolute atomic E-state index is 13.3. The highest BCUT2D eigenvalue weighted by Crippen LogP contribution is 2.27. The highest BCUT2D eigenvalue weighted by molar-refractivity contribution is 6.05. The van der Waals surface area contributed by atoms with Crippen LogP contribution in [-0.2, 0) is 9.59 Å². The molecule has 0 aliphatic carbocycles. The molecule has 2 aliphatic heterocycles.